The van der Waals surface area contributed by atoms with E-state index in [2.05, 4.69) is 5.32 Å². The summed E-state index contributed by atoms with van der Waals surface area (Å²) in [5.74, 6) is -1.38. The van der Waals surface area contributed by atoms with E-state index in [0.29, 0.717) is 11.3 Å². The summed E-state index contributed by atoms with van der Waals surface area (Å²) in [6, 6.07) is 8.61. The molecule has 0 aliphatic rings. The molecule has 0 aromatic heterocycles. The molecule has 1 amide bonds. The van der Waals surface area contributed by atoms with E-state index < -0.39 is 11.5 Å². The SMILES string of the molecule is CN(CC(=O)Nc1ccccc1C#N)C(C)(C)C(=O)O. The van der Waals surface area contributed by atoms with Gasteiger partial charge >= 0.3 is 5.97 Å². The maximum absolute atomic E-state index is 11.9. The summed E-state index contributed by atoms with van der Waals surface area (Å²) < 4.78 is 0. The third kappa shape index (κ3) is 3.56. The number of aliphatic carboxylic acids is 1. The maximum atomic E-state index is 11.9. The van der Waals surface area contributed by atoms with Crippen molar-refractivity contribution in [3.63, 3.8) is 0 Å². The molecule has 0 radical (unpaired) electrons. The first-order chi connectivity index (χ1) is 9.28. The first kappa shape index (κ1) is 15.7. The van der Waals surface area contributed by atoms with Gasteiger partial charge < -0.3 is 10.4 Å². The van der Waals surface area contributed by atoms with Gasteiger partial charge in [0.25, 0.3) is 0 Å². The van der Waals surface area contributed by atoms with Gasteiger partial charge in [0.15, 0.2) is 0 Å². The summed E-state index contributed by atoms with van der Waals surface area (Å²) in [5, 5.41) is 20.6. The lowest BCUT2D eigenvalue weighted by Crippen LogP contribution is -2.50. The predicted octanol–water partition coefficient (Wildman–Crippen LogP) is 1.29. The van der Waals surface area contributed by atoms with Gasteiger partial charge in [-0.1, -0.05) is 12.1 Å². The van der Waals surface area contributed by atoms with Gasteiger partial charge in [-0.25, -0.2) is 0 Å². The van der Waals surface area contributed by atoms with E-state index in [1.165, 1.54) is 18.7 Å². The second-order valence-corrected chi connectivity index (χ2v) is 4.93. The van der Waals surface area contributed by atoms with Crippen LogP contribution in [0.4, 0.5) is 5.69 Å². The van der Waals surface area contributed by atoms with Gasteiger partial charge in [0.2, 0.25) is 5.91 Å². The normalized spacial score (nSPS) is 10.9. The van der Waals surface area contributed by atoms with E-state index in [4.69, 9.17) is 10.4 Å². The minimum absolute atomic E-state index is 0.0843. The van der Waals surface area contributed by atoms with Gasteiger partial charge in [-0.2, -0.15) is 5.26 Å². The summed E-state index contributed by atoms with van der Waals surface area (Å²) in [6.45, 7) is 2.96. The molecule has 0 atom stereocenters. The molecule has 2 N–H and O–H groups in total. The maximum Gasteiger partial charge on any atom is 0.323 e. The van der Waals surface area contributed by atoms with Crippen LogP contribution in [0.2, 0.25) is 0 Å². The molecule has 1 rings (SSSR count). The van der Waals surface area contributed by atoms with Gasteiger partial charge in [-0.05, 0) is 33.0 Å². The third-order valence-electron chi connectivity index (χ3n) is 3.18. The first-order valence-corrected chi connectivity index (χ1v) is 6.02. The fraction of sp³-hybridized carbons (Fsp3) is 0.357. The van der Waals surface area contributed by atoms with Crippen molar-refractivity contribution >= 4 is 17.6 Å². The number of hydrogen-bond acceptors (Lipinski definition) is 4. The zero-order valence-corrected chi connectivity index (χ0v) is 11.7. The first-order valence-electron chi connectivity index (χ1n) is 6.02. The minimum atomic E-state index is -1.15. The predicted molar refractivity (Wildman–Crippen MR) is 74.1 cm³/mol. The lowest BCUT2D eigenvalue weighted by atomic mass is 10.0. The molecule has 0 aliphatic carbocycles. The Balaban J connectivity index is 2.74. The van der Waals surface area contributed by atoms with Gasteiger partial charge in [0, 0.05) is 0 Å². The summed E-state index contributed by atoms with van der Waals surface area (Å²) in [4.78, 5) is 24.4. The molecule has 0 spiro atoms. The average Bonchev–Trinajstić information content (AvgIpc) is 2.38. The Morgan fingerprint density at radius 2 is 2.00 bits per heavy atom. The van der Waals surface area contributed by atoms with Crippen LogP contribution in [0.25, 0.3) is 0 Å². The molecule has 1 aromatic carbocycles. The lowest BCUT2D eigenvalue weighted by molar-refractivity contribution is -0.148. The number of nitrogens with zero attached hydrogens (tertiary/aromatic N) is 2. The highest BCUT2D eigenvalue weighted by molar-refractivity contribution is 5.94. The summed E-state index contributed by atoms with van der Waals surface area (Å²) in [6.07, 6.45) is 0. The number of para-hydroxylation sites is 1. The molecule has 0 saturated carbocycles. The molecule has 20 heavy (non-hydrogen) atoms. The van der Waals surface area contributed by atoms with Gasteiger partial charge in [0.05, 0.1) is 17.8 Å². The number of nitriles is 1. The van der Waals surface area contributed by atoms with Crippen LogP contribution in [0.5, 0.6) is 0 Å². The third-order valence-corrected chi connectivity index (χ3v) is 3.18. The van der Waals surface area contributed by atoms with Crippen LogP contribution < -0.4 is 5.32 Å². The van der Waals surface area contributed by atoms with E-state index >= 15 is 0 Å². The quantitative estimate of drug-likeness (QED) is 0.844. The minimum Gasteiger partial charge on any atom is -0.480 e. The van der Waals surface area contributed by atoms with Crippen molar-refractivity contribution < 1.29 is 14.7 Å². The Kier molecular flexibility index (Phi) is 4.83. The Bertz CT molecular complexity index is 561. The monoisotopic (exact) mass is 275 g/mol. The molecular weight excluding hydrogens is 258 g/mol. The van der Waals surface area contributed by atoms with Crippen LogP contribution in [-0.2, 0) is 9.59 Å². The molecular formula is C14H17N3O3. The number of likely N-dealkylation sites (N-methyl/N-ethyl adjacent to an activating group) is 1. The summed E-state index contributed by atoms with van der Waals surface area (Å²) >= 11 is 0. The highest BCUT2D eigenvalue weighted by Gasteiger charge is 2.33. The Labute approximate surface area is 117 Å². The number of benzene rings is 1. The lowest BCUT2D eigenvalue weighted by Gasteiger charge is -2.30. The number of carbonyl (C=O) groups excluding carboxylic acids is 1. The van der Waals surface area contributed by atoms with Crippen molar-refractivity contribution in [2.24, 2.45) is 0 Å². The molecule has 0 unspecified atom stereocenters. The van der Waals surface area contributed by atoms with E-state index in [0.717, 1.165) is 0 Å². The molecule has 6 heteroatoms. The van der Waals surface area contributed by atoms with Crippen LogP contribution in [0.3, 0.4) is 0 Å². The van der Waals surface area contributed by atoms with Crippen molar-refractivity contribution in [3.8, 4) is 6.07 Å². The largest absolute Gasteiger partial charge is 0.480 e. The number of carboxylic acids is 1. The standard InChI is InChI=1S/C14H17N3O3/c1-14(2,13(19)20)17(3)9-12(18)16-11-7-5-4-6-10(11)8-15/h4-7H,9H2,1-3H3,(H,16,18)(H,19,20). The van der Waals surface area contributed by atoms with Crippen LogP contribution in [-0.4, -0.2) is 41.0 Å². The van der Waals surface area contributed by atoms with E-state index in [-0.39, 0.29) is 12.5 Å². The summed E-state index contributed by atoms with van der Waals surface area (Å²) in [5.41, 5.74) is -0.367. The smallest absolute Gasteiger partial charge is 0.323 e. The van der Waals surface area contributed by atoms with Crippen LogP contribution in [0.15, 0.2) is 24.3 Å². The van der Waals surface area contributed by atoms with E-state index in [1.54, 1.807) is 31.3 Å². The fourth-order valence-electron chi connectivity index (χ4n) is 1.46. The second-order valence-electron chi connectivity index (χ2n) is 4.93. The number of carbonyl (C=O) groups is 2. The fourth-order valence-corrected chi connectivity index (χ4v) is 1.46. The molecule has 0 fully saturated rings. The van der Waals surface area contributed by atoms with Crippen molar-refractivity contribution in [2.45, 2.75) is 19.4 Å². The van der Waals surface area contributed by atoms with E-state index in [9.17, 15) is 9.59 Å². The highest BCUT2D eigenvalue weighted by Crippen LogP contribution is 2.15. The van der Waals surface area contributed by atoms with Crippen molar-refractivity contribution in [1.29, 1.82) is 5.26 Å². The van der Waals surface area contributed by atoms with Gasteiger partial charge in [0.1, 0.15) is 11.6 Å². The van der Waals surface area contributed by atoms with Gasteiger partial charge in [-0.15, -0.1) is 0 Å². The highest BCUT2D eigenvalue weighted by atomic mass is 16.4. The number of anilines is 1. The van der Waals surface area contributed by atoms with Crippen LogP contribution in [0.1, 0.15) is 19.4 Å². The number of rotatable bonds is 5. The molecule has 106 valence electrons. The second kappa shape index (κ2) is 6.17. The van der Waals surface area contributed by atoms with Crippen molar-refractivity contribution in [3.05, 3.63) is 29.8 Å². The van der Waals surface area contributed by atoms with Gasteiger partial charge in [-0.3, -0.25) is 14.5 Å². The molecule has 0 heterocycles. The Hall–Kier alpha value is -2.39. The molecule has 0 bridgehead atoms. The van der Waals surface area contributed by atoms with Crippen LogP contribution in [0, 0.1) is 11.3 Å². The average molecular weight is 275 g/mol. The Morgan fingerprint density at radius 1 is 1.40 bits per heavy atom. The number of nitrogens with one attached hydrogen (secondary N) is 1. The Morgan fingerprint density at radius 3 is 2.55 bits per heavy atom. The number of carboxylic acid groups (broad SMARTS) is 1. The zero-order chi connectivity index (χ0) is 15.3. The molecule has 0 saturated heterocycles. The van der Waals surface area contributed by atoms with E-state index in [1.807, 2.05) is 6.07 Å². The van der Waals surface area contributed by atoms with Crippen molar-refractivity contribution in [2.75, 3.05) is 18.9 Å². The van der Waals surface area contributed by atoms with Crippen molar-refractivity contribution in [1.82, 2.24) is 4.90 Å². The number of amides is 1. The molecule has 1 aromatic rings. The molecule has 6 nitrogen and oxygen atoms in total. The summed E-state index contributed by atoms with van der Waals surface area (Å²) in [7, 11) is 1.56. The topological polar surface area (TPSA) is 93.4 Å². The zero-order valence-electron chi connectivity index (χ0n) is 11.7. The van der Waals surface area contributed by atoms with Crippen LogP contribution >= 0.6 is 0 Å². The number of hydrogen-bond donors (Lipinski definition) is 2. The molecule has 0 aliphatic heterocycles.